The highest BCUT2D eigenvalue weighted by atomic mass is 32.2. The number of rotatable bonds is 2. The molecule has 22 heavy (non-hydrogen) atoms. The van der Waals surface area contributed by atoms with Crippen molar-refractivity contribution in [2.45, 2.75) is 37.8 Å². The fourth-order valence-corrected chi connectivity index (χ4v) is 5.85. The molecule has 6 heteroatoms. The lowest BCUT2D eigenvalue weighted by molar-refractivity contribution is 0.151. The lowest BCUT2D eigenvalue weighted by Gasteiger charge is -2.34. The normalized spacial score (nSPS) is 31.1. The van der Waals surface area contributed by atoms with Gasteiger partial charge in [-0.25, -0.2) is 9.00 Å². The minimum atomic E-state index is -2.50. The summed E-state index contributed by atoms with van der Waals surface area (Å²) in [5.41, 5.74) is 0.831. The Morgan fingerprint density at radius 3 is 2.77 bits per heavy atom. The van der Waals surface area contributed by atoms with E-state index in [1.165, 1.54) is 0 Å². The van der Waals surface area contributed by atoms with Crippen molar-refractivity contribution < 1.29 is 13.7 Å². The van der Waals surface area contributed by atoms with E-state index >= 15 is 0 Å². The molecule has 2 unspecified atom stereocenters. The molecule has 2 saturated heterocycles. The number of ether oxygens (including phenoxy) is 1. The van der Waals surface area contributed by atoms with Crippen LogP contribution in [0.15, 0.2) is 34.7 Å². The molecule has 3 rings (SSSR count). The molecule has 1 N–H and O–H groups in total. The van der Waals surface area contributed by atoms with Gasteiger partial charge in [-0.3, -0.25) is 0 Å². The molecule has 0 aromatic heterocycles. The smallest absolute Gasteiger partial charge is 0.442 e. The first-order valence-corrected chi connectivity index (χ1v) is 9.63. The van der Waals surface area contributed by atoms with Crippen molar-refractivity contribution in [3.8, 4) is 0 Å². The summed E-state index contributed by atoms with van der Waals surface area (Å²) in [5.74, 6) is 0.970. The van der Waals surface area contributed by atoms with E-state index in [1.54, 1.807) is 0 Å². The molecule has 0 radical (unpaired) electrons. The largest absolute Gasteiger partial charge is 0.443 e. The predicted molar refractivity (Wildman–Crippen MR) is 86.1 cm³/mol. The van der Waals surface area contributed by atoms with Gasteiger partial charge < -0.3 is 10.1 Å². The lowest BCUT2D eigenvalue weighted by Crippen LogP contribution is -2.49. The molecular formula is C16H22N2O3S. The molecule has 1 amide bonds. The summed E-state index contributed by atoms with van der Waals surface area (Å²) in [4.78, 5) is 11.9. The van der Waals surface area contributed by atoms with Gasteiger partial charge in [0.15, 0.2) is 0 Å². The second-order valence-corrected chi connectivity index (χ2v) is 8.59. The average molecular weight is 322 g/mol. The van der Waals surface area contributed by atoms with E-state index in [1.807, 2.05) is 30.3 Å². The summed E-state index contributed by atoms with van der Waals surface area (Å²) < 4.78 is 22.0. The monoisotopic (exact) mass is 322 g/mol. The number of hydrogen-bond acceptors (Lipinski definition) is 4. The summed E-state index contributed by atoms with van der Waals surface area (Å²) >= 11 is 0. The summed E-state index contributed by atoms with van der Waals surface area (Å²) in [5, 5.41) is 3.47. The van der Waals surface area contributed by atoms with Crippen LogP contribution in [0, 0.1) is 0 Å². The van der Waals surface area contributed by atoms with Crippen molar-refractivity contribution in [2.75, 3.05) is 18.1 Å². The summed E-state index contributed by atoms with van der Waals surface area (Å²) in [6.45, 7) is 1.13. The Morgan fingerprint density at radius 2 is 2.05 bits per heavy atom. The van der Waals surface area contributed by atoms with Crippen molar-refractivity contribution in [1.29, 1.82) is 0 Å². The molecule has 0 saturated carbocycles. The number of carbonyl (C=O) groups is 1. The summed E-state index contributed by atoms with van der Waals surface area (Å²) in [6.07, 6.45) is 3.30. The van der Waals surface area contributed by atoms with E-state index in [0.717, 1.165) is 37.8 Å². The maximum absolute atomic E-state index is 12.9. The highest BCUT2D eigenvalue weighted by Crippen LogP contribution is 2.31. The molecule has 2 fully saturated rings. The van der Waals surface area contributed by atoms with Crippen LogP contribution in [0.25, 0.3) is 0 Å². The van der Waals surface area contributed by atoms with Crippen molar-refractivity contribution in [2.24, 2.45) is 4.36 Å². The van der Waals surface area contributed by atoms with Crippen molar-refractivity contribution in [3.05, 3.63) is 35.9 Å². The third kappa shape index (κ3) is 3.67. The first-order chi connectivity index (χ1) is 10.6. The van der Waals surface area contributed by atoms with Crippen LogP contribution < -0.4 is 5.32 Å². The van der Waals surface area contributed by atoms with Crippen LogP contribution in [0.1, 0.15) is 31.2 Å². The fourth-order valence-electron chi connectivity index (χ4n) is 3.38. The van der Waals surface area contributed by atoms with Crippen molar-refractivity contribution >= 4 is 15.8 Å². The third-order valence-electron chi connectivity index (χ3n) is 4.40. The molecule has 1 aromatic rings. The average Bonchev–Trinajstić information content (AvgIpc) is 2.93. The number of amides is 1. The highest BCUT2D eigenvalue weighted by molar-refractivity contribution is 7.94. The standard InChI is InChI=1S/C16H22N2O3S/c19-15(21-12-14-6-2-1-3-7-14)18-22(20)11-5-9-16(13-22)8-4-10-17-16/h1-3,6-7,17H,4-5,8-13H2. The highest BCUT2D eigenvalue weighted by Gasteiger charge is 2.40. The Balaban J connectivity index is 1.65. The van der Waals surface area contributed by atoms with Gasteiger partial charge >= 0.3 is 6.09 Å². The van der Waals surface area contributed by atoms with E-state index in [9.17, 15) is 9.00 Å². The van der Waals surface area contributed by atoms with E-state index < -0.39 is 15.8 Å². The Kier molecular flexibility index (Phi) is 4.49. The summed E-state index contributed by atoms with van der Waals surface area (Å²) in [6, 6.07) is 9.44. The maximum Gasteiger partial charge on any atom is 0.442 e. The Hall–Kier alpha value is -1.40. The molecule has 1 aromatic carbocycles. The van der Waals surface area contributed by atoms with Crippen LogP contribution in [0.4, 0.5) is 4.79 Å². The molecule has 0 bridgehead atoms. The Morgan fingerprint density at radius 1 is 1.27 bits per heavy atom. The third-order valence-corrected chi connectivity index (χ3v) is 6.81. The fraction of sp³-hybridized carbons (Fsp3) is 0.562. The van der Waals surface area contributed by atoms with Crippen molar-refractivity contribution in [3.63, 3.8) is 0 Å². The number of nitrogens with one attached hydrogen (secondary N) is 1. The van der Waals surface area contributed by atoms with Gasteiger partial charge in [0.2, 0.25) is 0 Å². The SMILES string of the molecule is O=C(N=S1(=O)CCCC2(CCCN2)C1)OCc1ccccc1. The zero-order chi connectivity index (χ0) is 15.5. The number of carbonyl (C=O) groups excluding carboxylic acids is 1. The summed E-state index contributed by atoms with van der Waals surface area (Å²) in [7, 11) is -2.50. The maximum atomic E-state index is 12.9. The van der Waals surface area contributed by atoms with Gasteiger partial charge in [-0.05, 0) is 37.8 Å². The van der Waals surface area contributed by atoms with E-state index in [-0.39, 0.29) is 12.1 Å². The minimum absolute atomic E-state index is 0.0709. The second-order valence-electron chi connectivity index (χ2n) is 6.17. The minimum Gasteiger partial charge on any atom is -0.443 e. The van der Waals surface area contributed by atoms with Crippen LogP contribution in [0.3, 0.4) is 0 Å². The van der Waals surface area contributed by atoms with E-state index in [4.69, 9.17) is 4.74 Å². The van der Waals surface area contributed by atoms with E-state index in [2.05, 4.69) is 9.68 Å². The number of benzene rings is 1. The van der Waals surface area contributed by atoms with Crippen LogP contribution in [0.5, 0.6) is 0 Å². The molecular weight excluding hydrogens is 300 g/mol. The zero-order valence-corrected chi connectivity index (χ0v) is 13.4. The van der Waals surface area contributed by atoms with Crippen LogP contribution in [-0.4, -0.2) is 33.9 Å². The molecule has 1 spiro atoms. The molecule has 2 heterocycles. The van der Waals surface area contributed by atoms with Gasteiger partial charge in [0.05, 0.1) is 15.5 Å². The Labute approximate surface area is 131 Å². The second kappa shape index (κ2) is 6.38. The topological polar surface area (TPSA) is 67.8 Å². The van der Waals surface area contributed by atoms with Gasteiger partial charge in [0.1, 0.15) is 6.61 Å². The molecule has 5 nitrogen and oxygen atoms in total. The van der Waals surface area contributed by atoms with E-state index in [0.29, 0.717) is 11.5 Å². The van der Waals surface area contributed by atoms with Crippen LogP contribution in [0.2, 0.25) is 0 Å². The van der Waals surface area contributed by atoms with Gasteiger partial charge in [-0.15, -0.1) is 4.36 Å². The molecule has 0 aliphatic carbocycles. The number of nitrogens with zero attached hydrogens (tertiary/aromatic N) is 1. The first kappa shape index (κ1) is 15.5. The van der Waals surface area contributed by atoms with Crippen LogP contribution in [-0.2, 0) is 21.1 Å². The Bertz CT molecular complexity index is 645. The lowest BCUT2D eigenvalue weighted by atomic mass is 9.94. The zero-order valence-electron chi connectivity index (χ0n) is 12.6. The quantitative estimate of drug-likeness (QED) is 0.909. The number of hydrogen-bond donors (Lipinski definition) is 1. The molecule has 2 atom stereocenters. The van der Waals surface area contributed by atoms with Gasteiger partial charge in [0, 0.05) is 11.3 Å². The predicted octanol–water partition coefficient (Wildman–Crippen LogP) is 2.71. The van der Waals surface area contributed by atoms with Gasteiger partial charge in [-0.2, -0.15) is 0 Å². The first-order valence-electron chi connectivity index (χ1n) is 7.78. The van der Waals surface area contributed by atoms with Gasteiger partial charge in [-0.1, -0.05) is 30.3 Å². The molecule has 2 aliphatic heterocycles. The molecule has 2 aliphatic rings. The van der Waals surface area contributed by atoms with Crippen molar-refractivity contribution in [1.82, 2.24) is 5.32 Å². The van der Waals surface area contributed by atoms with Crippen LogP contribution >= 0.6 is 0 Å². The van der Waals surface area contributed by atoms with Gasteiger partial charge in [0.25, 0.3) is 0 Å². The molecule has 120 valence electrons.